The van der Waals surface area contributed by atoms with E-state index in [1.807, 2.05) is 0 Å². The fourth-order valence-corrected chi connectivity index (χ4v) is 3.47. The van der Waals surface area contributed by atoms with Crippen molar-refractivity contribution >= 4 is 11.0 Å². The molecule has 1 aliphatic carbocycles. The summed E-state index contributed by atoms with van der Waals surface area (Å²) in [6.07, 6.45) is 6.50. The Hall–Kier alpha value is -1.35. The fraction of sp³-hybridized carbons (Fsp3) is 0.562. The van der Waals surface area contributed by atoms with E-state index in [9.17, 15) is 0 Å². The number of nitrogens with zero attached hydrogens (tertiary/aromatic N) is 2. The van der Waals surface area contributed by atoms with E-state index in [-0.39, 0.29) is 0 Å². The maximum absolute atomic E-state index is 4.95. The van der Waals surface area contributed by atoms with Crippen molar-refractivity contribution in [2.75, 3.05) is 13.1 Å². The molecule has 0 atom stereocenters. The number of para-hydroxylation sites is 2. The number of rotatable bonds is 2. The minimum Gasteiger partial charge on any atom is -0.325 e. The van der Waals surface area contributed by atoms with Gasteiger partial charge in [-0.1, -0.05) is 18.6 Å². The Kier molecular flexibility index (Phi) is 2.80. The van der Waals surface area contributed by atoms with Crippen molar-refractivity contribution in [1.29, 1.82) is 0 Å². The van der Waals surface area contributed by atoms with Crippen LogP contribution < -0.4 is 5.32 Å². The summed E-state index contributed by atoms with van der Waals surface area (Å²) in [7, 11) is 0. The first kappa shape index (κ1) is 11.5. The molecule has 0 unspecified atom stereocenters. The van der Waals surface area contributed by atoms with Gasteiger partial charge < -0.3 is 9.88 Å². The number of aromatic nitrogens is 2. The zero-order valence-corrected chi connectivity index (χ0v) is 11.3. The number of fused-ring (bicyclic) bond motifs is 1. The molecule has 3 nitrogen and oxygen atoms in total. The summed E-state index contributed by atoms with van der Waals surface area (Å²) < 4.78 is 2.57. The molecule has 4 rings (SSSR count). The second kappa shape index (κ2) is 4.64. The van der Waals surface area contributed by atoms with E-state index in [0.717, 1.165) is 13.1 Å². The van der Waals surface area contributed by atoms with Gasteiger partial charge in [-0.15, -0.1) is 0 Å². The molecule has 100 valence electrons. The van der Waals surface area contributed by atoms with Crippen LogP contribution >= 0.6 is 0 Å². The first-order chi connectivity index (χ1) is 9.43. The standard InChI is InChI=1S/C16H21N3/c1-2-7-15-14(6-1)18-16(12-4-3-5-12)19(15)13-8-10-17-11-9-13/h1-2,6-7,12-13,17H,3-5,8-11H2. The van der Waals surface area contributed by atoms with Crippen LogP contribution in [0.5, 0.6) is 0 Å². The number of hydrogen-bond donors (Lipinski definition) is 1. The minimum atomic E-state index is 0.643. The summed E-state index contributed by atoms with van der Waals surface area (Å²) in [5.74, 6) is 2.07. The average Bonchev–Trinajstić information content (AvgIpc) is 2.76. The molecule has 2 aromatic rings. The van der Waals surface area contributed by atoms with Gasteiger partial charge in [-0.05, 0) is 50.9 Å². The molecule has 2 heterocycles. The van der Waals surface area contributed by atoms with E-state index in [2.05, 4.69) is 34.1 Å². The highest BCUT2D eigenvalue weighted by molar-refractivity contribution is 5.76. The Labute approximate surface area is 114 Å². The molecule has 0 spiro atoms. The lowest BCUT2D eigenvalue weighted by molar-refractivity contribution is 0.332. The first-order valence-electron chi connectivity index (χ1n) is 7.61. The largest absolute Gasteiger partial charge is 0.325 e. The van der Waals surface area contributed by atoms with Crippen molar-refractivity contribution in [3.8, 4) is 0 Å². The maximum atomic E-state index is 4.95. The SMILES string of the molecule is c1ccc2c(c1)nc(C1CCC1)n2C1CCNCC1. The van der Waals surface area contributed by atoms with E-state index in [1.165, 1.54) is 49.0 Å². The van der Waals surface area contributed by atoms with Crippen molar-refractivity contribution in [3.05, 3.63) is 30.1 Å². The molecule has 1 saturated carbocycles. The summed E-state index contributed by atoms with van der Waals surface area (Å²) in [6.45, 7) is 2.28. The predicted octanol–water partition coefficient (Wildman–Crippen LogP) is 3.23. The molecule has 1 aromatic carbocycles. The molecule has 1 saturated heterocycles. The highest BCUT2D eigenvalue weighted by Gasteiger charge is 2.29. The number of hydrogen-bond acceptors (Lipinski definition) is 2. The third-order valence-corrected chi connectivity index (χ3v) is 4.77. The smallest absolute Gasteiger partial charge is 0.113 e. The average molecular weight is 255 g/mol. The zero-order chi connectivity index (χ0) is 12.7. The van der Waals surface area contributed by atoms with Gasteiger partial charge in [0.25, 0.3) is 0 Å². The Morgan fingerprint density at radius 3 is 2.58 bits per heavy atom. The zero-order valence-electron chi connectivity index (χ0n) is 11.3. The van der Waals surface area contributed by atoms with Gasteiger partial charge in [-0.25, -0.2) is 4.98 Å². The molecule has 2 fully saturated rings. The van der Waals surface area contributed by atoms with Crippen molar-refractivity contribution in [3.63, 3.8) is 0 Å². The van der Waals surface area contributed by atoms with Gasteiger partial charge in [0.1, 0.15) is 5.82 Å². The molecule has 0 radical (unpaired) electrons. The van der Waals surface area contributed by atoms with Gasteiger partial charge in [-0.2, -0.15) is 0 Å². The summed E-state index contributed by atoms with van der Waals surface area (Å²) in [5.41, 5.74) is 2.53. The molecule has 0 bridgehead atoms. The van der Waals surface area contributed by atoms with Gasteiger partial charge in [0.05, 0.1) is 11.0 Å². The third-order valence-electron chi connectivity index (χ3n) is 4.77. The van der Waals surface area contributed by atoms with Crippen molar-refractivity contribution < 1.29 is 0 Å². The predicted molar refractivity (Wildman–Crippen MR) is 77.5 cm³/mol. The number of benzene rings is 1. The molecule has 0 amide bonds. The molecular weight excluding hydrogens is 234 g/mol. The Bertz CT molecular complexity index is 577. The molecule has 19 heavy (non-hydrogen) atoms. The minimum absolute atomic E-state index is 0.643. The quantitative estimate of drug-likeness (QED) is 0.893. The van der Waals surface area contributed by atoms with Crippen LogP contribution in [-0.2, 0) is 0 Å². The molecule has 2 aliphatic rings. The van der Waals surface area contributed by atoms with E-state index < -0.39 is 0 Å². The molecule has 1 aliphatic heterocycles. The van der Waals surface area contributed by atoms with E-state index in [4.69, 9.17) is 4.98 Å². The number of imidazole rings is 1. The van der Waals surface area contributed by atoms with Gasteiger partial charge >= 0.3 is 0 Å². The van der Waals surface area contributed by atoms with E-state index in [1.54, 1.807) is 0 Å². The van der Waals surface area contributed by atoms with Gasteiger partial charge in [0.15, 0.2) is 0 Å². The van der Waals surface area contributed by atoms with Crippen LogP contribution in [0.1, 0.15) is 49.9 Å². The Morgan fingerprint density at radius 1 is 1.05 bits per heavy atom. The molecule has 1 aromatic heterocycles. The van der Waals surface area contributed by atoms with Crippen LogP contribution in [0, 0.1) is 0 Å². The molecule has 3 heteroatoms. The summed E-state index contributed by atoms with van der Waals surface area (Å²) in [6, 6.07) is 9.30. The van der Waals surface area contributed by atoms with Crippen LogP contribution in [0.15, 0.2) is 24.3 Å². The van der Waals surface area contributed by atoms with Gasteiger partial charge in [0, 0.05) is 12.0 Å². The lowest BCUT2D eigenvalue weighted by atomic mass is 9.84. The van der Waals surface area contributed by atoms with Crippen LogP contribution in [0.2, 0.25) is 0 Å². The monoisotopic (exact) mass is 255 g/mol. The fourth-order valence-electron chi connectivity index (χ4n) is 3.47. The first-order valence-corrected chi connectivity index (χ1v) is 7.61. The van der Waals surface area contributed by atoms with Crippen molar-refractivity contribution in [2.24, 2.45) is 0 Å². The van der Waals surface area contributed by atoms with Gasteiger partial charge in [0.2, 0.25) is 0 Å². The lowest BCUT2D eigenvalue weighted by Gasteiger charge is -2.31. The summed E-state index contributed by atoms with van der Waals surface area (Å²) in [4.78, 5) is 4.95. The normalized spacial score (nSPS) is 21.7. The van der Waals surface area contributed by atoms with E-state index >= 15 is 0 Å². The van der Waals surface area contributed by atoms with Crippen LogP contribution in [-0.4, -0.2) is 22.6 Å². The highest BCUT2D eigenvalue weighted by Crippen LogP contribution is 2.39. The van der Waals surface area contributed by atoms with Crippen LogP contribution in [0.3, 0.4) is 0 Å². The van der Waals surface area contributed by atoms with Gasteiger partial charge in [-0.3, -0.25) is 0 Å². The molecular formula is C16H21N3. The summed E-state index contributed by atoms with van der Waals surface area (Å²) >= 11 is 0. The second-order valence-electron chi connectivity index (χ2n) is 5.94. The molecule has 1 N–H and O–H groups in total. The second-order valence-corrected chi connectivity index (χ2v) is 5.94. The number of piperidine rings is 1. The lowest BCUT2D eigenvalue weighted by Crippen LogP contribution is -2.31. The highest BCUT2D eigenvalue weighted by atomic mass is 15.1. The third kappa shape index (κ3) is 1.88. The maximum Gasteiger partial charge on any atom is 0.113 e. The summed E-state index contributed by atoms with van der Waals surface area (Å²) in [5, 5.41) is 3.47. The Morgan fingerprint density at radius 2 is 1.84 bits per heavy atom. The van der Waals surface area contributed by atoms with Crippen LogP contribution in [0.4, 0.5) is 0 Å². The van der Waals surface area contributed by atoms with Crippen molar-refractivity contribution in [2.45, 2.75) is 44.1 Å². The number of nitrogens with one attached hydrogen (secondary N) is 1. The van der Waals surface area contributed by atoms with E-state index in [0.29, 0.717) is 12.0 Å². The Balaban J connectivity index is 1.84. The topological polar surface area (TPSA) is 29.9 Å². The van der Waals surface area contributed by atoms with Crippen LogP contribution in [0.25, 0.3) is 11.0 Å². The van der Waals surface area contributed by atoms with Crippen molar-refractivity contribution in [1.82, 2.24) is 14.9 Å².